The number of hydrogen-bond donors (Lipinski definition) is 0. The quantitative estimate of drug-likeness (QED) is 0.623. The molecule has 0 saturated heterocycles. The maximum Gasteiger partial charge on any atom is 0.204 e. The second-order valence-corrected chi connectivity index (χ2v) is 7.03. The first-order chi connectivity index (χ1) is 12.5. The summed E-state index contributed by atoms with van der Waals surface area (Å²) < 4.78 is 16.9. The largest absolute Gasteiger partial charge is 0.493 e. The molecule has 0 amide bonds. The molecule has 2 heterocycles. The van der Waals surface area contributed by atoms with Crippen molar-refractivity contribution in [2.24, 2.45) is 10.2 Å². The summed E-state index contributed by atoms with van der Waals surface area (Å²) >= 11 is 0. The predicted octanol–water partition coefficient (Wildman–Crippen LogP) is 5.00. The third kappa shape index (κ3) is 4.30. The van der Waals surface area contributed by atoms with E-state index in [1.807, 2.05) is 19.9 Å². The minimum atomic E-state index is -0.673. The Morgan fingerprint density at radius 3 is 2.46 bits per heavy atom. The summed E-state index contributed by atoms with van der Waals surface area (Å²) in [6, 6.07) is 6.16. The smallest absolute Gasteiger partial charge is 0.204 e. The topological polar surface area (TPSA) is 69.2 Å². The van der Waals surface area contributed by atoms with Crippen molar-refractivity contribution in [2.75, 3.05) is 13.3 Å². The van der Waals surface area contributed by atoms with Crippen LogP contribution in [-0.2, 0) is 16.9 Å². The number of aromatic nitrogens is 1. The minimum absolute atomic E-state index is 0.320. The molecule has 140 valence electrons. The van der Waals surface area contributed by atoms with Gasteiger partial charge in [-0.1, -0.05) is 5.16 Å². The molecule has 1 atom stereocenters. The fraction of sp³-hybridized carbons (Fsp3) is 0.550. The van der Waals surface area contributed by atoms with E-state index in [2.05, 4.69) is 41.4 Å². The van der Waals surface area contributed by atoms with Crippen molar-refractivity contribution < 1.29 is 14.0 Å². The van der Waals surface area contributed by atoms with Gasteiger partial charge in [-0.15, -0.1) is 0 Å². The molecule has 0 N–H and O–H groups in total. The van der Waals surface area contributed by atoms with Gasteiger partial charge >= 0.3 is 0 Å². The fourth-order valence-corrected chi connectivity index (χ4v) is 3.22. The number of rotatable bonds is 8. The van der Waals surface area contributed by atoms with Crippen molar-refractivity contribution in [3.05, 3.63) is 46.3 Å². The summed E-state index contributed by atoms with van der Waals surface area (Å²) in [6.07, 6.45) is 4.13. The molecular weight excluding hydrogens is 330 g/mol. The zero-order chi connectivity index (χ0) is 18.6. The third-order valence-electron chi connectivity index (χ3n) is 4.65. The molecule has 0 fully saturated rings. The van der Waals surface area contributed by atoms with Crippen LogP contribution in [0, 0.1) is 20.8 Å². The van der Waals surface area contributed by atoms with Gasteiger partial charge in [-0.25, -0.2) is 0 Å². The summed E-state index contributed by atoms with van der Waals surface area (Å²) in [5.74, 6) is 1.92. The van der Waals surface area contributed by atoms with E-state index in [1.54, 1.807) is 0 Å². The first-order valence-electron chi connectivity index (χ1n) is 9.17. The molecule has 1 aromatic heterocycles. The third-order valence-corrected chi connectivity index (χ3v) is 4.65. The Kier molecular flexibility index (Phi) is 5.71. The molecule has 2 aromatic rings. The molecule has 1 aromatic carbocycles. The van der Waals surface area contributed by atoms with Crippen molar-refractivity contribution in [3.8, 4) is 5.75 Å². The van der Waals surface area contributed by atoms with Gasteiger partial charge in [0.15, 0.2) is 6.73 Å². The highest BCUT2D eigenvalue weighted by molar-refractivity contribution is 5.45. The highest BCUT2D eigenvalue weighted by Crippen LogP contribution is 2.35. The van der Waals surface area contributed by atoms with E-state index in [0.29, 0.717) is 13.3 Å². The Hall–Kier alpha value is -2.21. The molecule has 0 saturated carbocycles. The maximum atomic E-state index is 6.04. The fourth-order valence-electron chi connectivity index (χ4n) is 3.22. The molecule has 1 aliphatic rings. The van der Waals surface area contributed by atoms with Crippen LogP contribution in [0.3, 0.4) is 0 Å². The number of unbranched alkanes of at least 4 members (excludes halogenated alkanes) is 2. The molecule has 0 bridgehead atoms. The van der Waals surface area contributed by atoms with Gasteiger partial charge in [0.2, 0.25) is 5.72 Å². The minimum Gasteiger partial charge on any atom is -0.493 e. The van der Waals surface area contributed by atoms with Gasteiger partial charge in [-0.3, -0.25) is 0 Å². The van der Waals surface area contributed by atoms with Crippen LogP contribution < -0.4 is 4.74 Å². The lowest BCUT2D eigenvalue weighted by Gasteiger charge is -2.22. The van der Waals surface area contributed by atoms with Crippen LogP contribution in [0.2, 0.25) is 0 Å². The van der Waals surface area contributed by atoms with Gasteiger partial charge in [0.05, 0.1) is 12.3 Å². The van der Waals surface area contributed by atoms with Gasteiger partial charge < -0.3 is 14.0 Å². The van der Waals surface area contributed by atoms with Gasteiger partial charge in [0.25, 0.3) is 0 Å². The van der Waals surface area contributed by atoms with Crippen LogP contribution in [0.15, 0.2) is 33.0 Å². The molecule has 26 heavy (non-hydrogen) atoms. The van der Waals surface area contributed by atoms with Crippen LogP contribution >= 0.6 is 0 Å². The Morgan fingerprint density at radius 1 is 1.08 bits per heavy atom. The first-order valence-corrected chi connectivity index (χ1v) is 9.17. The second kappa shape index (κ2) is 7.99. The van der Waals surface area contributed by atoms with Crippen molar-refractivity contribution in [1.29, 1.82) is 0 Å². The molecule has 0 radical (unpaired) electrons. The first kappa shape index (κ1) is 18.6. The van der Waals surface area contributed by atoms with E-state index < -0.39 is 5.72 Å². The molecule has 6 nitrogen and oxygen atoms in total. The van der Waals surface area contributed by atoms with Crippen LogP contribution in [0.4, 0.5) is 0 Å². The van der Waals surface area contributed by atoms with Crippen molar-refractivity contribution in [1.82, 2.24) is 5.16 Å². The van der Waals surface area contributed by atoms with E-state index in [4.69, 9.17) is 14.0 Å². The van der Waals surface area contributed by atoms with Crippen molar-refractivity contribution in [2.45, 2.75) is 59.1 Å². The van der Waals surface area contributed by atoms with Crippen molar-refractivity contribution >= 4 is 0 Å². The van der Waals surface area contributed by atoms with E-state index in [1.165, 1.54) is 0 Å². The second-order valence-electron chi connectivity index (χ2n) is 7.03. The Morgan fingerprint density at radius 2 is 1.85 bits per heavy atom. The zero-order valence-electron chi connectivity index (χ0n) is 16.0. The van der Waals surface area contributed by atoms with Crippen LogP contribution in [0.5, 0.6) is 5.75 Å². The summed E-state index contributed by atoms with van der Waals surface area (Å²) in [7, 11) is 0. The number of hydrogen-bond acceptors (Lipinski definition) is 6. The molecular formula is C20H27N3O3. The normalized spacial score (nSPS) is 19.2. The predicted molar refractivity (Wildman–Crippen MR) is 98.4 cm³/mol. The standard InChI is InChI=1S/C20H27N3O3/c1-14-10-17(20(4)23-21-13-25-20)11-15(2)19(14)24-9-7-5-6-8-18-12-16(3)22-26-18/h10-12H,5-9,13H2,1-4H3. The average molecular weight is 357 g/mol. The zero-order valence-corrected chi connectivity index (χ0v) is 16.0. The van der Waals surface area contributed by atoms with Crippen LogP contribution in [-0.4, -0.2) is 18.5 Å². The summed E-state index contributed by atoms with van der Waals surface area (Å²) in [5, 5.41) is 12.1. The van der Waals surface area contributed by atoms with Gasteiger partial charge in [0.1, 0.15) is 11.5 Å². The Bertz CT molecular complexity index is 761. The monoisotopic (exact) mass is 357 g/mol. The Labute approximate surface area is 154 Å². The lowest BCUT2D eigenvalue weighted by molar-refractivity contribution is 0.00804. The van der Waals surface area contributed by atoms with E-state index >= 15 is 0 Å². The van der Waals surface area contributed by atoms with E-state index in [-0.39, 0.29) is 0 Å². The number of benzene rings is 1. The lowest BCUT2D eigenvalue weighted by atomic mass is 9.99. The van der Waals surface area contributed by atoms with E-state index in [9.17, 15) is 0 Å². The number of aryl methyl sites for hydroxylation is 4. The van der Waals surface area contributed by atoms with Gasteiger partial charge in [-0.2, -0.15) is 10.2 Å². The molecule has 1 aliphatic heterocycles. The number of ether oxygens (including phenoxy) is 2. The highest BCUT2D eigenvalue weighted by Gasteiger charge is 2.31. The van der Waals surface area contributed by atoms with Crippen LogP contribution in [0.25, 0.3) is 0 Å². The number of azo groups is 1. The van der Waals surface area contributed by atoms with Crippen LogP contribution in [0.1, 0.15) is 54.3 Å². The maximum absolute atomic E-state index is 6.04. The van der Waals surface area contributed by atoms with Gasteiger partial charge in [0, 0.05) is 18.1 Å². The summed E-state index contributed by atoms with van der Waals surface area (Å²) in [4.78, 5) is 0. The molecule has 6 heteroatoms. The lowest BCUT2D eigenvalue weighted by Crippen LogP contribution is -2.19. The highest BCUT2D eigenvalue weighted by atomic mass is 16.5. The summed E-state index contributed by atoms with van der Waals surface area (Å²) in [6.45, 7) is 9.04. The molecule has 0 aliphatic carbocycles. The van der Waals surface area contributed by atoms with E-state index in [0.717, 1.165) is 59.6 Å². The summed E-state index contributed by atoms with van der Waals surface area (Å²) in [5.41, 5.74) is 3.49. The van der Waals surface area contributed by atoms with Gasteiger partial charge in [-0.05, 0) is 70.2 Å². The Balaban J connectivity index is 1.48. The molecule has 0 spiro atoms. The van der Waals surface area contributed by atoms with Crippen molar-refractivity contribution in [3.63, 3.8) is 0 Å². The SMILES string of the molecule is Cc1cc(CCCCCOc2c(C)cc(C3(C)N=NCO3)cc2C)on1. The number of nitrogens with zero attached hydrogens (tertiary/aromatic N) is 3. The molecule has 1 unspecified atom stereocenters. The average Bonchev–Trinajstić information content (AvgIpc) is 3.22. The molecule has 3 rings (SSSR count).